The number of rotatable bonds is 3. The van der Waals surface area contributed by atoms with Crippen LogP contribution >= 0.6 is 15.9 Å². The van der Waals surface area contributed by atoms with Crippen LogP contribution in [0.15, 0.2) is 45.5 Å². The van der Waals surface area contributed by atoms with E-state index in [1.165, 1.54) is 0 Å². The third-order valence-corrected chi connectivity index (χ3v) is 5.30. The number of methoxy groups -OCH3 is 1. The van der Waals surface area contributed by atoms with Crippen molar-refractivity contribution in [1.82, 2.24) is 9.47 Å². The molecule has 4 rings (SSSR count). The number of aromatic nitrogens is 1. The third kappa shape index (κ3) is 2.86. The standard InChI is InChI=1S/C19H20BrN3O3/c1-21-14-12-18(20)26-17(14)11-15(21)19(24)23-9-7-22(8-10-23)13-5-3-4-6-16(13)25-2/h3-6,11-12H,7-10H2,1-2H3. The maximum atomic E-state index is 12.9. The van der Waals surface area contributed by atoms with Crippen LogP contribution < -0.4 is 9.64 Å². The molecule has 26 heavy (non-hydrogen) atoms. The number of hydrogen-bond acceptors (Lipinski definition) is 4. The van der Waals surface area contributed by atoms with Crippen LogP contribution in [-0.2, 0) is 7.05 Å². The van der Waals surface area contributed by atoms with E-state index in [4.69, 9.17) is 9.15 Å². The first-order valence-corrected chi connectivity index (χ1v) is 9.30. The predicted octanol–water partition coefficient (Wildman–Crippen LogP) is 3.50. The highest BCUT2D eigenvalue weighted by molar-refractivity contribution is 9.10. The fraction of sp³-hybridized carbons (Fsp3) is 0.316. The van der Waals surface area contributed by atoms with Gasteiger partial charge in [-0.05, 0) is 28.1 Å². The van der Waals surface area contributed by atoms with Gasteiger partial charge in [0.15, 0.2) is 10.3 Å². The van der Waals surface area contributed by atoms with Crippen LogP contribution in [0.4, 0.5) is 5.69 Å². The summed E-state index contributed by atoms with van der Waals surface area (Å²) in [5, 5.41) is 0. The fourth-order valence-electron chi connectivity index (χ4n) is 3.49. The average molecular weight is 418 g/mol. The molecule has 7 heteroatoms. The van der Waals surface area contributed by atoms with Crippen molar-refractivity contribution in [2.45, 2.75) is 0 Å². The van der Waals surface area contributed by atoms with Crippen LogP contribution in [-0.4, -0.2) is 48.7 Å². The lowest BCUT2D eigenvalue weighted by molar-refractivity contribution is 0.0737. The number of piperazine rings is 1. The largest absolute Gasteiger partial charge is 0.495 e. The first-order chi connectivity index (χ1) is 12.6. The lowest BCUT2D eigenvalue weighted by Crippen LogP contribution is -2.49. The minimum Gasteiger partial charge on any atom is -0.495 e. The smallest absolute Gasteiger partial charge is 0.270 e. The molecule has 0 atom stereocenters. The number of halogens is 1. The van der Waals surface area contributed by atoms with Gasteiger partial charge >= 0.3 is 0 Å². The van der Waals surface area contributed by atoms with Crippen molar-refractivity contribution in [3.8, 4) is 5.75 Å². The Morgan fingerprint density at radius 3 is 2.58 bits per heavy atom. The Labute approximate surface area is 160 Å². The molecule has 0 saturated carbocycles. The van der Waals surface area contributed by atoms with Crippen molar-refractivity contribution in [2.24, 2.45) is 7.05 Å². The van der Waals surface area contributed by atoms with Crippen molar-refractivity contribution in [3.63, 3.8) is 0 Å². The number of ether oxygens (including phenoxy) is 1. The van der Waals surface area contributed by atoms with E-state index in [1.807, 2.05) is 46.8 Å². The average Bonchev–Trinajstić information content (AvgIpc) is 3.18. The number of aryl methyl sites for hydroxylation is 1. The molecule has 2 aromatic heterocycles. The van der Waals surface area contributed by atoms with E-state index in [0.29, 0.717) is 23.5 Å². The first kappa shape index (κ1) is 17.0. The topological polar surface area (TPSA) is 50.9 Å². The number of amides is 1. The summed E-state index contributed by atoms with van der Waals surface area (Å²) in [4.78, 5) is 17.1. The van der Waals surface area contributed by atoms with Crippen LogP contribution in [0.2, 0.25) is 0 Å². The van der Waals surface area contributed by atoms with Crippen molar-refractivity contribution < 1.29 is 13.9 Å². The number of anilines is 1. The van der Waals surface area contributed by atoms with Crippen LogP contribution in [0.5, 0.6) is 5.75 Å². The van der Waals surface area contributed by atoms with E-state index in [-0.39, 0.29) is 5.91 Å². The molecule has 1 aliphatic rings. The van der Waals surface area contributed by atoms with E-state index < -0.39 is 0 Å². The van der Waals surface area contributed by atoms with Gasteiger partial charge in [-0.15, -0.1) is 0 Å². The molecule has 136 valence electrons. The maximum absolute atomic E-state index is 12.9. The maximum Gasteiger partial charge on any atom is 0.270 e. The predicted molar refractivity (Wildman–Crippen MR) is 104 cm³/mol. The lowest BCUT2D eigenvalue weighted by Gasteiger charge is -2.36. The quantitative estimate of drug-likeness (QED) is 0.654. The van der Waals surface area contributed by atoms with E-state index >= 15 is 0 Å². The highest BCUT2D eigenvalue weighted by Crippen LogP contribution is 2.29. The van der Waals surface area contributed by atoms with Crippen molar-refractivity contribution in [1.29, 1.82) is 0 Å². The number of para-hydroxylation sites is 2. The molecule has 3 aromatic rings. The molecule has 0 bridgehead atoms. The zero-order valence-electron chi connectivity index (χ0n) is 14.7. The molecule has 0 spiro atoms. The molecule has 3 heterocycles. The minimum absolute atomic E-state index is 0.0368. The van der Waals surface area contributed by atoms with Crippen molar-refractivity contribution in [3.05, 3.63) is 46.8 Å². The summed E-state index contributed by atoms with van der Waals surface area (Å²) in [6.45, 7) is 2.90. The zero-order valence-corrected chi connectivity index (χ0v) is 16.3. The van der Waals surface area contributed by atoms with Gasteiger partial charge in [0, 0.05) is 45.4 Å². The molecule has 1 fully saturated rings. The van der Waals surface area contributed by atoms with Gasteiger partial charge in [-0.1, -0.05) is 12.1 Å². The van der Waals surface area contributed by atoms with Crippen LogP contribution in [0, 0.1) is 0 Å². The van der Waals surface area contributed by atoms with Gasteiger partial charge < -0.3 is 23.5 Å². The van der Waals surface area contributed by atoms with Gasteiger partial charge in [0.1, 0.15) is 11.4 Å². The number of benzene rings is 1. The molecule has 1 saturated heterocycles. The fourth-order valence-corrected chi connectivity index (χ4v) is 3.88. The minimum atomic E-state index is 0.0368. The molecule has 6 nitrogen and oxygen atoms in total. The number of nitrogens with zero attached hydrogens (tertiary/aromatic N) is 3. The Bertz CT molecular complexity index is 954. The summed E-state index contributed by atoms with van der Waals surface area (Å²) in [5.74, 6) is 0.898. The normalized spacial score (nSPS) is 14.9. The Morgan fingerprint density at radius 2 is 1.88 bits per heavy atom. The lowest BCUT2D eigenvalue weighted by atomic mass is 10.2. The summed E-state index contributed by atoms with van der Waals surface area (Å²) < 4.78 is 13.6. The first-order valence-electron chi connectivity index (χ1n) is 8.50. The van der Waals surface area contributed by atoms with Gasteiger partial charge in [0.2, 0.25) is 0 Å². The van der Waals surface area contributed by atoms with Gasteiger partial charge in [0.25, 0.3) is 5.91 Å². The SMILES string of the molecule is COc1ccccc1N1CCN(C(=O)c2cc3oc(Br)cc3n2C)CC1. The van der Waals surface area contributed by atoms with Gasteiger partial charge in [-0.3, -0.25) is 4.79 Å². The van der Waals surface area contributed by atoms with Crippen LogP contribution in [0.1, 0.15) is 10.5 Å². The van der Waals surface area contributed by atoms with Crippen molar-refractivity contribution in [2.75, 3.05) is 38.2 Å². The molecule has 1 aromatic carbocycles. The molecule has 0 unspecified atom stereocenters. The monoisotopic (exact) mass is 417 g/mol. The second kappa shape index (κ2) is 6.72. The van der Waals surface area contributed by atoms with Crippen LogP contribution in [0.3, 0.4) is 0 Å². The zero-order chi connectivity index (χ0) is 18.3. The van der Waals surface area contributed by atoms with Gasteiger partial charge in [0.05, 0.1) is 18.3 Å². The number of carbonyl (C=O) groups is 1. The summed E-state index contributed by atoms with van der Waals surface area (Å²) in [7, 11) is 3.57. The number of fused-ring (bicyclic) bond motifs is 1. The van der Waals surface area contributed by atoms with E-state index in [0.717, 1.165) is 35.6 Å². The number of furan rings is 1. The van der Waals surface area contributed by atoms with E-state index in [2.05, 4.69) is 26.9 Å². The number of carbonyl (C=O) groups excluding carboxylic acids is 1. The summed E-state index contributed by atoms with van der Waals surface area (Å²) in [6.07, 6.45) is 0. The Kier molecular flexibility index (Phi) is 4.40. The Morgan fingerprint density at radius 1 is 1.15 bits per heavy atom. The summed E-state index contributed by atoms with van der Waals surface area (Å²) in [6, 6.07) is 11.7. The summed E-state index contributed by atoms with van der Waals surface area (Å²) in [5.41, 5.74) is 3.35. The molecule has 0 aliphatic carbocycles. The highest BCUT2D eigenvalue weighted by Gasteiger charge is 2.26. The molecular weight excluding hydrogens is 398 g/mol. The molecular formula is C19H20BrN3O3. The number of hydrogen-bond donors (Lipinski definition) is 0. The van der Waals surface area contributed by atoms with Gasteiger partial charge in [-0.25, -0.2) is 0 Å². The van der Waals surface area contributed by atoms with Crippen molar-refractivity contribution >= 4 is 38.6 Å². The van der Waals surface area contributed by atoms with E-state index in [1.54, 1.807) is 7.11 Å². The van der Waals surface area contributed by atoms with E-state index in [9.17, 15) is 4.79 Å². The molecule has 0 radical (unpaired) electrons. The Balaban J connectivity index is 1.49. The second-order valence-electron chi connectivity index (χ2n) is 6.34. The van der Waals surface area contributed by atoms with Crippen LogP contribution in [0.25, 0.3) is 11.1 Å². The summed E-state index contributed by atoms with van der Waals surface area (Å²) >= 11 is 3.33. The Hall–Kier alpha value is -2.41. The second-order valence-corrected chi connectivity index (χ2v) is 7.12. The highest BCUT2D eigenvalue weighted by atomic mass is 79.9. The molecule has 1 aliphatic heterocycles. The molecule has 1 amide bonds. The third-order valence-electron chi connectivity index (χ3n) is 4.91. The van der Waals surface area contributed by atoms with Gasteiger partial charge in [-0.2, -0.15) is 0 Å². The molecule has 0 N–H and O–H groups in total.